The Hall–Kier alpha value is -2.56. The molecule has 1 aliphatic heterocycles. The van der Waals surface area contributed by atoms with Crippen molar-refractivity contribution in [2.75, 3.05) is 36.8 Å². The van der Waals surface area contributed by atoms with Gasteiger partial charge in [0, 0.05) is 43.3 Å². The average molecular weight is 432 g/mol. The molecule has 1 amide bonds. The molecule has 2 aromatic carbocycles. The minimum Gasteiger partial charge on any atom is -0.370 e. The summed E-state index contributed by atoms with van der Waals surface area (Å²) in [5, 5.41) is 9.38. The van der Waals surface area contributed by atoms with Crippen LogP contribution < -0.4 is 4.90 Å². The van der Waals surface area contributed by atoms with Crippen molar-refractivity contribution >= 4 is 33.0 Å². The lowest BCUT2D eigenvalue weighted by Gasteiger charge is -2.23. The fraction of sp³-hybridized carbons (Fsp3) is 0.333. The van der Waals surface area contributed by atoms with Gasteiger partial charge in [0.1, 0.15) is 0 Å². The maximum atomic E-state index is 12.6. The molecule has 1 aliphatic rings. The molecule has 0 bridgehead atoms. The number of carbonyl (C=O) groups is 1. The number of anilines is 1. The molecular weight excluding hydrogens is 410 g/mol. The normalized spacial score (nSPS) is 14.9. The molecule has 0 unspecified atom stereocenters. The van der Waals surface area contributed by atoms with E-state index in [0.717, 1.165) is 18.7 Å². The minimum atomic E-state index is -3.52. The number of halogens is 1. The second-order valence-corrected chi connectivity index (χ2v) is 9.45. The number of benzene rings is 2. The highest BCUT2D eigenvalue weighted by atomic mass is 35.5. The van der Waals surface area contributed by atoms with Gasteiger partial charge >= 0.3 is 0 Å². The summed E-state index contributed by atoms with van der Waals surface area (Å²) < 4.78 is 24.9. The number of hydrogen-bond donors (Lipinski definition) is 0. The van der Waals surface area contributed by atoms with Crippen LogP contribution in [-0.4, -0.2) is 51.2 Å². The van der Waals surface area contributed by atoms with Crippen molar-refractivity contribution in [3.63, 3.8) is 0 Å². The summed E-state index contributed by atoms with van der Waals surface area (Å²) in [6, 6.07) is 15.5. The van der Waals surface area contributed by atoms with Crippen LogP contribution in [0.2, 0.25) is 5.02 Å². The van der Waals surface area contributed by atoms with Gasteiger partial charge in [0.05, 0.1) is 22.3 Å². The molecule has 1 fully saturated rings. The Labute approximate surface area is 176 Å². The number of rotatable bonds is 5. The molecule has 0 aromatic heterocycles. The van der Waals surface area contributed by atoms with Crippen molar-refractivity contribution < 1.29 is 13.2 Å². The van der Waals surface area contributed by atoms with Gasteiger partial charge in [0.25, 0.3) is 0 Å². The number of nitrogens with zero attached hydrogens (tertiary/aromatic N) is 3. The summed E-state index contributed by atoms with van der Waals surface area (Å²) in [4.78, 5) is 16.7. The number of amides is 1. The van der Waals surface area contributed by atoms with E-state index in [0.29, 0.717) is 30.2 Å². The monoisotopic (exact) mass is 431 g/mol. The molecule has 152 valence electrons. The number of nitriles is 1. The van der Waals surface area contributed by atoms with E-state index in [2.05, 4.69) is 11.0 Å². The summed E-state index contributed by atoms with van der Waals surface area (Å²) in [6.07, 6.45) is 0.761. The van der Waals surface area contributed by atoms with Crippen molar-refractivity contribution in [3.05, 3.63) is 59.1 Å². The molecule has 2 aromatic rings. The van der Waals surface area contributed by atoms with Crippen LogP contribution in [0, 0.1) is 11.3 Å². The third kappa shape index (κ3) is 5.49. The molecule has 0 aliphatic carbocycles. The zero-order valence-electron chi connectivity index (χ0n) is 15.9. The van der Waals surface area contributed by atoms with Crippen LogP contribution in [0.3, 0.4) is 0 Å². The summed E-state index contributed by atoms with van der Waals surface area (Å²) in [6.45, 7) is 2.62. The first-order valence-electron chi connectivity index (χ1n) is 9.40. The molecule has 1 saturated heterocycles. The highest BCUT2D eigenvalue weighted by molar-refractivity contribution is 7.91. The van der Waals surface area contributed by atoms with E-state index >= 15 is 0 Å². The van der Waals surface area contributed by atoms with Gasteiger partial charge in [-0.15, -0.1) is 0 Å². The van der Waals surface area contributed by atoms with Gasteiger partial charge in [-0.05, 0) is 55.0 Å². The fourth-order valence-electron chi connectivity index (χ4n) is 3.31. The number of sulfone groups is 1. The Bertz CT molecular complexity index is 999. The van der Waals surface area contributed by atoms with Crippen LogP contribution in [0.25, 0.3) is 0 Å². The van der Waals surface area contributed by atoms with Gasteiger partial charge in [-0.3, -0.25) is 4.79 Å². The second kappa shape index (κ2) is 9.29. The Morgan fingerprint density at radius 1 is 1.00 bits per heavy atom. The molecule has 1 heterocycles. The van der Waals surface area contributed by atoms with Gasteiger partial charge in [0.15, 0.2) is 9.84 Å². The molecule has 29 heavy (non-hydrogen) atoms. The Morgan fingerprint density at radius 3 is 2.34 bits per heavy atom. The van der Waals surface area contributed by atoms with E-state index in [1.807, 2.05) is 12.1 Å². The predicted octanol–water partition coefficient (Wildman–Crippen LogP) is 3.11. The van der Waals surface area contributed by atoms with Gasteiger partial charge in [0.2, 0.25) is 5.91 Å². The van der Waals surface area contributed by atoms with E-state index in [1.165, 1.54) is 24.3 Å². The Morgan fingerprint density at radius 2 is 1.69 bits per heavy atom. The zero-order valence-corrected chi connectivity index (χ0v) is 17.5. The molecular formula is C21H22ClN3O3S. The Balaban J connectivity index is 1.56. The van der Waals surface area contributed by atoms with Crippen LogP contribution >= 0.6 is 11.6 Å². The van der Waals surface area contributed by atoms with Gasteiger partial charge in [-0.1, -0.05) is 11.6 Å². The molecule has 8 heteroatoms. The average Bonchev–Trinajstić information content (AvgIpc) is 2.99. The first-order chi connectivity index (χ1) is 13.9. The van der Waals surface area contributed by atoms with Gasteiger partial charge in [-0.2, -0.15) is 5.26 Å². The third-order valence-electron chi connectivity index (χ3n) is 4.97. The lowest BCUT2D eigenvalue weighted by atomic mass is 10.2. The molecule has 0 N–H and O–H groups in total. The summed E-state index contributed by atoms with van der Waals surface area (Å²) >= 11 is 5.80. The second-order valence-electron chi connectivity index (χ2n) is 6.90. The van der Waals surface area contributed by atoms with Crippen LogP contribution in [0.5, 0.6) is 0 Å². The highest BCUT2D eigenvalue weighted by Gasteiger charge is 2.22. The summed E-state index contributed by atoms with van der Waals surface area (Å²) in [5.41, 5.74) is 1.63. The topological polar surface area (TPSA) is 81.5 Å². The summed E-state index contributed by atoms with van der Waals surface area (Å²) in [5.74, 6) is -0.368. The standard InChI is InChI=1S/C21H22ClN3O3S/c22-18-4-8-20(9-5-18)29(27,28)15-10-21(26)25-12-1-11-24(13-14-25)19-6-2-17(16-23)3-7-19/h2-9H,1,10-15H2. The fourth-order valence-corrected chi connectivity index (χ4v) is 4.67. The SMILES string of the molecule is N#Cc1ccc(N2CCCN(C(=O)CCS(=O)(=O)c3ccc(Cl)cc3)CC2)cc1. The molecule has 0 saturated carbocycles. The summed E-state index contributed by atoms with van der Waals surface area (Å²) in [7, 11) is -3.52. The first kappa shape index (κ1) is 21.2. The van der Waals surface area contributed by atoms with Crippen LogP contribution in [0.4, 0.5) is 5.69 Å². The molecule has 0 radical (unpaired) electrons. The van der Waals surface area contributed by atoms with E-state index < -0.39 is 9.84 Å². The maximum absolute atomic E-state index is 12.6. The van der Waals surface area contributed by atoms with Crippen LogP contribution in [0.1, 0.15) is 18.4 Å². The third-order valence-corrected chi connectivity index (χ3v) is 6.95. The zero-order chi connectivity index (χ0) is 20.9. The number of carbonyl (C=O) groups excluding carboxylic acids is 1. The van der Waals surface area contributed by atoms with E-state index in [4.69, 9.17) is 16.9 Å². The van der Waals surface area contributed by atoms with Crippen molar-refractivity contribution in [1.29, 1.82) is 5.26 Å². The predicted molar refractivity (Wildman–Crippen MR) is 113 cm³/mol. The molecule has 0 spiro atoms. The van der Waals surface area contributed by atoms with Crippen LogP contribution in [-0.2, 0) is 14.6 Å². The highest BCUT2D eigenvalue weighted by Crippen LogP contribution is 2.19. The smallest absolute Gasteiger partial charge is 0.223 e. The molecule has 6 nitrogen and oxygen atoms in total. The van der Waals surface area contributed by atoms with E-state index in [1.54, 1.807) is 17.0 Å². The maximum Gasteiger partial charge on any atom is 0.223 e. The quantitative estimate of drug-likeness (QED) is 0.726. The largest absolute Gasteiger partial charge is 0.370 e. The number of hydrogen-bond acceptors (Lipinski definition) is 5. The first-order valence-corrected chi connectivity index (χ1v) is 11.4. The van der Waals surface area contributed by atoms with Crippen molar-refractivity contribution in [2.24, 2.45) is 0 Å². The van der Waals surface area contributed by atoms with Gasteiger partial charge in [-0.25, -0.2) is 8.42 Å². The lowest BCUT2D eigenvalue weighted by molar-refractivity contribution is -0.130. The van der Waals surface area contributed by atoms with Crippen molar-refractivity contribution in [3.8, 4) is 6.07 Å². The minimum absolute atomic E-state index is 0.0399. The molecule has 0 atom stereocenters. The van der Waals surface area contributed by atoms with Crippen molar-refractivity contribution in [2.45, 2.75) is 17.7 Å². The Kier molecular flexibility index (Phi) is 6.78. The molecule has 3 rings (SSSR count). The van der Waals surface area contributed by atoms with Crippen LogP contribution in [0.15, 0.2) is 53.4 Å². The lowest BCUT2D eigenvalue weighted by Crippen LogP contribution is -2.36. The van der Waals surface area contributed by atoms with Gasteiger partial charge < -0.3 is 9.80 Å². The van der Waals surface area contributed by atoms with E-state index in [-0.39, 0.29) is 23.0 Å². The van der Waals surface area contributed by atoms with E-state index in [9.17, 15) is 13.2 Å². The van der Waals surface area contributed by atoms with Crippen molar-refractivity contribution in [1.82, 2.24) is 4.90 Å².